The maximum Gasteiger partial charge on any atom is 0.0475 e. The zero-order valence-corrected chi connectivity index (χ0v) is 9.01. The van der Waals surface area contributed by atoms with E-state index in [1.165, 1.54) is 10.4 Å². The van der Waals surface area contributed by atoms with Crippen molar-refractivity contribution in [2.45, 2.75) is 12.3 Å². The summed E-state index contributed by atoms with van der Waals surface area (Å²) in [7, 11) is 0. The van der Waals surface area contributed by atoms with Gasteiger partial charge in [0.05, 0.1) is 0 Å². The Kier molecular flexibility index (Phi) is 2.30. The Bertz CT molecular complexity index is 599. The van der Waals surface area contributed by atoms with Crippen molar-refractivity contribution in [3.05, 3.63) is 64.8 Å². The molecule has 16 heavy (non-hydrogen) atoms. The second kappa shape index (κ2) is 3.93. The molecule has 3 rings (SSSR count). The van der Waals surface area contributed by atoms with E-state index in [4.69, 9.17) is 0 Å². The molecule has 0 saturated carbocycles. The Labute approximate surface area is 94.8 Å². The molecule has 1 nitrogen and oxygen atoms in total. The van der Waals surface area contributed by atoms with Gasteiger partial charge in [-0.3, -0.25) is 4.98 Å². The van der Waals surface area contributed by atoms with Crippen LogP contribution in [0.25, 0.3) is 12.2 Å². The topological polar surface area (TPSA) is 12.9 Å². The quantitative estimate of drug-likeness (QED) is 0.695. The lowest BCUT2D eigenvalue weighted by molar-refractivity contribution is 0.873. The van der Waals surface area contributed by atoms with Crippen LogP contribution in [0.4, 0.5) is 0 Å². The van der Waals surface area contributed by atoms with Gasteiger partial charge in [-0.1, -0.05) is 42.5 Å². The summed E-state index contributed by atoms with van der Waals surface area (Å²) < 4.78 is 0. The second-order valence-corrected chi connectivity index (χ2v) is 4.10. The molecule has 1 aliphatic carbocycles. The third-order valence-corrected chi connectivity index (χ3v) is 3.04. The van der Waals surface area contributed by atoms with Gasteiger partial charge in [-0.15, -0.1) is 0 Å². The zero-order chi connectivity index (χ0) is 10.8. The van der Waals surface area contributed by atoms with Crippen LogP contribution >= 0.6 is 0 Å². The molecule has 1 aromatic heterocycles. The van der Waals surface area contributed by atoms with Crippen LogP contribution < -0.4 is 10.4 Å². The standard InChI is InChI=1S/C15H13N/c1-2-6-13-11-14(9-8-12(13)5-1)15-7-3-4-10-16-15/h1-8,10-11,14H,9H2. The van der Waals surface area contributed by atoms with Gasteiger partial charge >= 0.3 is 0 Å². The summed E-state index contributed by atoms with van der Waals surface area (Å²) in [5.41, 5.74) is 1.16. The third-order valence-electron chi connectivity index (χ3n) is 3.04. The van der Waals surface area contributed by atoms with Gasteiger partial charge in [-0.25, -0.2) is 0 Å². The number of nitrogens with zero attached hydrogens (tertiary/aromatic N) is 1. The van der Waals surface area contributed by atoms with Crippen LogP contribution in [-0.2, 0) is 0 Å². The van der Waals surface area contributed by atoms with Crippen molar-refractivity contribution in [2.24, 2.45) is 0 Å². The molecular weight excluding hydrogens is 194 g/mol. The van der Waals surface area contributed by atoms with Crippen LogP contribution in [0.2, 0.25) is 0 Å². The molecule has 2 aromatic rings. The van der Waals surface area contributed by atoms with Gasteiger partial charge in [0, 0.05) is 17.8 Å². The first-order chi connectivity index (χ1) is 7.93. The van der Waals surface area contributed by atoms with E-state index in [1.54, 1.807) is 0 Å². The van der Waals surface area contributed by atoms with E-state index in [9.17, 15) is 0 Å². The van der Waals surface area contributed by atoms with Gasteiger partial charge in [0.15, 0.2) is 0 Å². The van der Waals surface area contributed by atoms with E-state index in [1.807, 2.05) is 12.3 Å². The lowest BCUT2D eigenvalue weighted by Gasteiger charge is -2.12. The van der Waals surface area contributed by atoms with Crippen LogP contribution in [0, 0.1) is 0 Å². The van der Waals surface area contributed by atoms with Crippen molar-refractivity contribution in [3.63, 3.8) is 0 Å². The molecule has 0 aliphatic heterocycles. The van der Waals surface area contributed by atoms with Crippen LogP contribution in [0.3, 0.4) is 0 Å². The fourth-order valence-electron chi connectivity index (χ4n) is 2.19. The van der Waals surface area contributed by atoms with Gasteiger partial charge in [0.2, 0.25) is 0 Å². The number of hydrogen-bond acceptors (Lipinski definition) is 1. The SMILES string of the molecule is C1=c2ccccc2=CC(c2ccccn2)C1. The molecule has 1 unspecified atom stereocenters. The van der Waals surface area contributed by atoms with Crippen LogP contribution in [0.1, 0.15) is 18.0 Å². The Balaban J connectivity index is 2.08. The van der Waals surface area contributed by atoms with Gasteiger partial charge < -0.3 is 0 Å². The molecule has 1 heteroatoms. The lowest BCUT2D eigenvalue weighted by Crippen LogP contribution is -2.27. The van der Waals surface area contributed by atoms with Crippen molar-refractivity contribution in [1.82, 2.24) is 4.98 Å². The highest BCUT2D eigenvalue weighted by molar-refractivity contribution is 5.46. The average Bonchev–Trinajstić information content (AvgIpc) is 2.39. The summed E-state index contributed by atoms with van der Waals surface area (Å²) >= 11 is 0. The molecule has 1 aliphatic rings. The average molecular weight is 207 g/mol. The van der Waals surface area contributed by atoms with E-state index in [-0.39, 0.29) is 0 Å². The van der Waals surface area contributed by atoms with Gasteiger partial charge in [0.25, 0.3) is 0 Å². The largest absolute Gasteiger partial charge is 0.261 e. The summed E-state index contributed by atoms with van der Waals surface area (Å²) in [6.45, 7) is 0. The first-order valence-electron chi connectivity index (χ1n) is 5.61. The molecule has 0 saturated heterocycles. The van der Waals surface area contributed by atoms with Crippen LogP contribution in [0.15, 0.2) is 48.7 Å². The predicted molar refractivity (Wildman–Crippen MR) is 66.2 cm³/mol. The van der Waals surface area contributed by atoms with Gasteiger partial charge in [0.1, 0.15) is 0 Å². The minimum absolute atomic E-state index is 0.427. The highest BCUT2D eigenvalue weighted by Gasteiger charge is 2.10. The van der Waals surface area contributed by atoms with E-state index in [2.05, 4.69) is 53.5 Å². The number of benzene rings is 1. The molecule has 0 radical (unpaired) electrons. The van der Waals surface area contributed by atoms with Crippen LogP contribution in [0.5, 0.6) is 0 Å². The van der Waals surface area contributed by atoms with E-state index in [0.29, 0.717) is 5.92 Å². The fourth-order valence-corrected chi connectivity index (χ4v) is 2.19. The maximum absolute atomic E-state index is 4.42. The lowest BCUT2D eigenvalue weighted by atomic mass is 9.94. The summed E-state index contributed by atoms with van der Waals surface area (Å²) in [4.78, 5) is 4.42. The molecule has 0 spiro atoms. The molecule has 0 fully saturated rings. The zero-order valence-electron chi connectivity index (χ0n) is 9.01. The third kappa shape index (κ3) is 1.65. The number of pyridine rings is 1. The molecule has 78 valence electrons. The first-order valence-corrected chi connectivity index (χ1v) is 5.61. The summed E-state index contributed by atoms with van der Waals surface area (Å²) in [6, 6.07) is 14.6. The Morgan fingerprint density at radius 2 is 1.75 bits per heavy atom. The highest BCUT2D eigenvalue weighted by Crippen LogP contribution is 2.20. The van der Waals surface area contributed by atoms with E-state index < -0.39 is 0 Å². The van der Waals surface area contributed by atoms with Crippen molar-refractivity contribution in [2.75, 3.05) is 0 Å². The van der Waals surface area contributed by atoms with Crippen molar-refractivity contribution < 1.29 is 0 Å². The van der Waals surface area contributed by atoms with E-state index in [0.717, 1.165) is 12.1 Å². The highest BCUT2D eigenvalue weighted by atomic mass is 14.7. The first kappa shape index (κ1) is 9.34. The molecular formula is C15H13N. The summed E-state index contributed by atoms with van der Waals surface area (Å²) in [6.07, 6.45) is 7.53. The minimum Gasteiger partial charge on any atom is -0.261 e. The van der Waals surface area contributed by atoms with Gasteiger partial charge in [-0.2, -0.15) is 0 Å². The van der Waals surface area contributed by atoms with E-state index >= 15 is 0 Å². The Morgan fingerprint density at radius 1 is 0.938 bits per heavy atom. The maximum atomic E-state index is 4.42. The number of hydrogen-bond donors (Lipinski definition) is 0. The molecule has 1 heterocycles. The summed E-state index contributed by atoms with van der Waals surface area (Å²) in [5.74, 6) is 0.427. The predicted octanol–water partition coefficient (Wildman–Crippen LogP) is 1.83. The molecule has 0 amide bonds. The Morgan fingerprint density at radius 3 is 2.56 bits per heavy atom. The smallest absolute Gasteiger partial charge is 0.0475 e. The van der Waals surface area contributed by atoms with Crippen molar-refractivity contribution in [1.29, 1.82) is 0 Å². The molecule has 1 atom stereocenters. The summed E-state index contributed by atoms with van der Waals surface area (Å²) in [5, 5.41) is 2.67. The minimum atomic E-state index is 0.427. The number of fused-ring (bicyclic) bond motifs is 1. The normalized spacial score (nSPS) is 18.1. The fraction of sp³-hybridized carbons (Fsp3) is 0.133. The Hall–Kier alpha value is -1.89. The van der Waals surface area contributed by atoms with Crippen molar-refractivity contribution in [3.8, 4) is 0 Å². The van der Waals surface area contributed by atoms with Gasteiger partial charge in [-0.05, 0) is 29.0 Å². The number of aromatic nitrogens is 1. The molecule has 0 bridgehead atoms. The molecule has 0 N–H and O–H groups in total. The second-order valence-electron chi connectivity index (χ2n) is 4.10. The number of rotatable bonds is 1. The molecule has 1 aromatic carbocycles. The van der Waals surface area contributed by atoms with Crippen molar-refractivity contribution >= 4 is 12.2 Å². The monoisotopic (exact) mass is 207 g/mol. The van der Waals surface area contributed by atoms with Crippen LogP contribution in [-0.4, -0.2) is 4.98 Å².